The van der Waals surface area contributed by atoms with Crippen molar-refractivity contribution in [3.63, 3.8) is 0 Å². The molecule has 0 saturated heterocycles. The second-order valence-corrected chi connectivity index (χ2v) is 13.7. The van der Waals surface area contributed by atoms with Crippen molar-refractivity contribution in [2.45, 2.75) is 44.3 Å². The van der Waals surface area contributed by atoms with Gasteiger partial charge in [0.25, 0.3) is 8.32 Å². The van der Waals surface area contributed by atoms with Crippen LogP contribution in [0.25, 0.3) is 0 Å². The molecule has 0 spiro atoms. The molecular formula is C28H36O4Si. The number of aliphatic hydroxyl groups excluding tert-OH is 2. The van der Waals surface area contributed by atoms with E-state index in [1.165, 1.54) is 10.4 Å². The fourth-order valence-electron chi connectivity index (χ4n) is 4.68. The molecular weight excluding hydrogens is 428 g/mol. The normalized spacial score (nSPS) is 14.0. The zero-order valence-corrected chi connectivity index (χ0v) is 21.1. The first kappa shape index (κ1) is 25.2. The first-order valence-electron chi connectivity index (χ1n) is 11.5. The maximum absolute atomic E-state index is 11.3. The molecule has 3 aromatic rings. The number of rotatable bonds is 10. The molecule has 0 amide bonds. The lowest BCUT2D eigenvalue weighted by atomic mass is 9.91. The Morgan fingerprint density at radius 2 is 1.42 bits per heavy atom. The summed E-state index contributed by atoms with van der Waals surface area (Å²) in [5.74, 6) is 0.471. The van der Waals surface area contributed by atoms with E-state index in [1.54, 1.807) is 7.11 Å². The molecule has 0 aliphatic rings. The molecule has 4 nitrogen and oxygen atoms in total. The summed E-state index contributed by atoms with van der Waals surface area (Å²) in [5.41, 5.74) is 0.932. The van der Waals surface area contributed by atoms with Gasteiger partial charge in [-0.25, -0.2) is 0 Å². The molecule has 176 valence electrons. The zero-order chi connectivity index (χ0) is 23.9. The van der Waals surface area contributed by atoms with Crippen LogP contribution in [0.4, 0.5) is 0 Å². The van der Waals surface area contributed by atoms with E-state index in [0.29, 0.717) is 6.42 Å². The smallest absolute Gasteiger partial charge is 0.261 e. The Morgan fingerprint density at radius 1 is 0.848 bits per heavy atom. The highest BCUT2D eigenvalue weighted by Crippen LogP contribution is 2.37. The maximum atomic E-state index is 11.3. The van der Waals surface area contributed by atoms with Gasteiger partial charge in [-0.1, -0.05) is 93.6 Å². The van der Waals surface area contributed by atoms with Crippen molar-refractivity contribution < 1.29 is 19.4 Å². The largest absolute Gasteiger partial charge is 0.497 e. The number of aliphatic hydroxyl groups is 2. The lowest BCUT2D eigenvalue weighted by molar-refractivity contribution is 0.0702. The Balaban J connectivity index is 1.99. The Labute approximate surface area is 199 Å². The van der Waals surface area contributed by atoms with E-state index in [-0.39, 0.29) is 24.2 Å². The highest BCUT2D eigenvalue weighted by atomic mass is 28.4. The fourth-order valence-corrected chi connectivity index (χ4v) is 9.26. The number of ether oxygens (including phenoxy) is 1. The second-order valence-electron chi connectivity index (χ2n) is 9.44. The summed E-state index contributed by atoms with van der Waals surface area (Å²) in [6, 6.07) is 28.5. The van der Waals surface area contributed by atoms with Crippen molar-refractivity contribution in [3.05, 3.63) is 90.5 Å². The van der Waals surface area contributed by atoms with Crippen LogP contribution in [0.3, 0.4) is 0 Å². The first-order valence-corrected chi connectivity index (χ1v) is 13.4. The standard InChI is InChI=1S/C28H36O4Si/c1-28(2,3)33(24-14-7-5-8-15-24,25-16-9-6-10-17-25)32-21-27(30)26(18-19-29)22-12-11-13-23(20-22)31-4/h5-17,20,26-27,29-30H,18-19,21H2,1-4H3/t26-,27-/m1/s1. The number of hydrogen-bond acceptors (Lipinski definition) is 4. The van der Waals surface area contributed by atoms with Crippen LogP contribution in [0, 0.1) is 0 Å². The van der Waals surface area contributed by atoms with Gasteiger partial charge in [0.15, 0.2) is 0 Å². The summed E-state index contributed by atoms with van der Waals surface area (Å²) in [6.07, 6.45) is -0.329. The molecule has 0 fully saturated rings. The fraction of sp³-hybridized carbons (Fsp3) is 0.357. The lowest BCUT2D eigenvalue weighted by Gasteiger charge is -2.43. The summed E-state index contributed by atoms with van der Waals surface area (Å²) in [5, 5.41) is 23.2. The Bertz CT molecular complexity index is 946. The molecule has 0 aromatic heterocycles. The van der Waals surface area contributed by atoms with Gasteiger partial charge in [-0.05, 0) is 39.5 Å². The topological polar surface area (TPSA) is 58.9 Å². The number of benzene rings is 3. The van der Waals surface area contributed by atoms with Crippen LogP contribution in [0.1, 0.15) is 38.7 Å². The first-order chi connectivity index (χ1) is 15.8. The average molecular weight is 465 g/mol. The van der Waals surface area contributed by atoms with Crippen LogP contribution in [-0.2, 0) is 4.43 Å². The molecule has 3 rings (SSSR count). The molecule has 0 aliphatic heterocycles. The number of methoxy groups -OCH3 is 1. The summed E-state index contributed by atoms with van der Waals surface area (Å²) in [4.78, 5) is 0. The van der Waals surface area contributed by atoms with Crippen molar-refractivity contribution in [1.29, 1.82) is 0 Å². The predicted octanol–water partition coefficient (Wildman–Crippen LogP) is 4.10. The highest BCUT2D eigenvalue weighted by Gasteiger charge is 2.50. The van der Waals surface area contributed by atoms with Gasteiger partial charge in [-0.3, -0.25) is 0 Å². The Morgan fingerprint density at radius 3 is 1.91 bits per heavy atom. The third-order valence-electron chi connectivity index (χ3n) is 6.31. The molecule has 2 N–H and O–H groups in total. The van der Waals surface area contributed by atoms with Crippen molar-refractivity contribution >= 4 is 18.7 Å². The van der Waals surface area contributed by atoms with Gasteiger partial charge in [-0.2, -0.15) is 0 Å². The molecule has 0 saturated carbocycles. The third-order valence-corrected chi connectivity index (χ3v) is 11.3. The Hall–Kier alpha value is -2.44. The minimum absolute atomic E-state index is 0.0157. The van der Waals surface area contributed by atoms with Gasteiger partial charge in [-0.15, -0.1) is 0 Å². The minimum atomic E-state index is -2.75. The molecule has 33 heavy (non-hydrogen) atoms. The molecule has 5 heteroatoms. The van der Waals surface area contributed by atoms with Crippen LogP contribution in [0.5, 0.6) is 5.75 Å². The second kappa shape index (κ2) is 11.1. The number of hydrogen-bond donors (Lipinski definition) is 2. The zero-order valence-electron chi connectivity index (χ0n) is 20.1. The van der Waals surface area contributed by atoms with Crippen molar-refractivity contribution in [2.24, 2.45) is 0 Å². The van der Waals surface area contributed by atoms with Crippen LogP contribution < -0.4 is 15.1 Å². The van der Waals surface area contributed by atoms with E-state index < -0.39 is 14.4 Å². The minimum Gasteiger partial charge on any atom is -0.497 e. The van der Waals surface area contributed by atoms with Crippen molar-refractivity contribution in [1.82, 2.24) is 0 Å². The quantitative estimate of drug-likeness (QED) is 0.444. The summed E-state index contributed by atoms with van der Waals surface area (Å²) >= 11 is 0. The monoisotopic (exact) mass is 464 g/mol. The van der Waals surface area contributed by atoms with E-state index >= 15 is 0 Å². The maximum Gasteiger partial charge on any atom is 0.261 e. The molecule has 2 atom stereocenters. The summed E-state index contributed by atoms with van der Waals surface area (Å²) in [7, 11) is -1.12. The summed E-state index contributed by atoms with van der Waals surface area (Å²) < 4.78 is 12.3. The van der Waals surface area contributed by atoms with E-state index in [4.69, 9.17) is 9.16 Å². The Kier molecular flexibility index (Phi) is 8.49. The SMILES string of the molecule is COc1cccc([C@@H](CCO)[C@H](O)CO[Si](c2ccccc2)(c2ccccc2)C(C)(C)C)c1. The van der Waals surface area contributed by atoms with Crippen LogP contribution in [-0.4, -0.2) is 45.0 Å². The van der Waals surface area contributed by atoms with Crippen molar-refractivity contribution in [3.8, 4) is 5.75 Å². The average Bonchev–Trinajstić information content (AvgIpc) is 2.83. The molecule has 3 aromatic carbocycles. The summed E-state index contributed by atoms with van der Waals surface area (Å²) in [6.45, 7) is 6.82. The third kappa shape index (κ3) is 5.56. The van der Waals surface area contributed by atoms with E-state index in [0.717, 1.165) is 11.3 Å². The van der Waals surface area contributed by atoms with Gasteiger partial charge in [0.2, 0.25) is 0 Å². The van der Waals surface area contributed by atoms with Crippen molar-refractivity contribution in [2.75, 3.05) is 20.3 Å². The molecule has 0 aliphatic carbocycles. The van der Waals surface area contributed by atoms with Crippen LogP contribution >= 0.6 is 0 Å². The molecule has 0 bridgehead atoms. The van der Waals surface area contributed by atoms with E-state index in [2.05, 4.69) is 69.3 Å². The van der Waals surface area contributed by atoms with Gasteiger partial charge >= 0.3 is 0 Å². The van der Waals surface area contributed by atoms with E-state index in [1.807, 2.05) is 36.4 Å². The molecule has 0 radical (unpaired) electrons. The highest BCUT2D eigenvalue weighted by molar-refractivity contribution is 6.99. The lowest BCUT2D eigenvalue weighted by Crippen LogP contribution is -2.67. The molecule has 0 unspecified atom stereocenters. The van der Waals surface area contributed by atoms with Gasteiger partial charge in [0.05, 0.1) is 19.8 Å². The van der Waals surface area contributed by atoms with Crippen LogP contribution in [0.15, 0.2) is 84.9 Å². The van der Waals surface area contributed by atoms with Crippen LogP contribution in [0.2, 0.25) is 5.04 Å². The predicted molar refractivity (Wildman–Crippen MR) is 137 cm³/mol. The van der Waals surface area contributed by atoms with E-state index in [9.17, 15) is 10.2 Å². The van der Waals surface area contributed by atoms with Gasteiger partial charge in [0, 0.05) is 12.5 Å². The van der Waals surface area contributed by atoms with Gasteiger partial charge in [0.1, 0.15) is 5.75 Å². The molecule has 0 heterocycles. The van der Waals surface area contributed by atoms with Gasteiger partial charge < -0.3 is 19.4 Å².